The average molecular weight is 265 g/mol. The summed E-state index contributed by atoms with van der Waals surface area (Å²) in [6.07, 6.45) is 3.06. The molecule has 0 spiro atoms. The van der Waals surface area contributed by atoms with E-state index in [0.717, 1.165) is 30.5 Å². The van der Waals surface area contributed by atoms with Crippen LogP contribution in [-0.2, 0) is 6.54 Å². The van der Waals surface area contributed by atoms with Gasteiger partial charge < -0.3 is 5.32 Å². The summed E-state index contributed by atoms with van der Waals surface area (Å²) in [6.45, 7) is 4.11. The third-order valence-electron chi connectivity index (χ3n) is 3.45. The lowest BCUT2D eigenvalue weighted by Gasteiger charge is -2.11. The van der Waals surface area contributed by atoms with Gasteiger partial charge in [-0.05, 0) is 36.7 Å². The minimum Gasteiger partial charge on any atom is -0.313 e. The van der Waals surface area contributed by atoms with Crippen LogP contribution in [-0.4, -0.2) is 16.1 Å². The number of nitrogens with zero attached hydrogens (tertiary/aromatic N) is 2. The highest BCUT2D eigenvalue weighted by molar-refractivity contribution is 5.77. The molecule has 0 unspecified atom stereocenters. The molecule has 3 rings (SSSR count). The van der Waals surface area contributed by atoms with E-state index in [1.807, 2.05) is 18.5 Å². The van der Waals surface area contributed by atoms with Crippen molar-refractivity contribution in [3.63, 3.8) is 0 Å². The van der Waals surface area contributed by atoms with E-state index in [0.29, 0.717) is 0 Å². The molecule has 3 aromatic rings. The lowest BCUT2D eigenvalue weighted by Crippen LogP contribution is -2.15. The fraction of sp³-hybridized carbons (Fsp3) is 0.235. The van der Waals surface area contributed by atoms with Gasteiger partial charge in [0.2, 0.25) is 0 Å². The Balaban J connectivity index is 2.01. The summed E-state index contributed by atoms with van der Waals surface area (Å²) in [4.78, 5) is 4.48. The van der Waals surface area contributed by atoms with Gasteiger partial charge >= 0.3 is 0 Å². The van der Waals surface area contributed by atoms with Gasteiger partial charge in [-0.3, -0.25) is 4.57 Å². The molecule has 1 N–H and O–H groups in total. The van der Waals surface area contributed by atoms with Gasteiger partial charge in [0, 0.05) is 6.54 Å². The monoisotopic (exact) mass is 265 g/mol. The summed E-state index contributed by atoms with van der Waals surface area (Å²) in [5, 5.41) is 3.47. The Morgan fingerprint density at radius 2 is 1.85 bits per heavy atom. The third kappa shape index (κ3) is 2.45. The standard InChI is InChI=1S/C17H19N3/c1-2-11-18-12-14-7-3-5-9-16(14)20-13-19-15-8-4-6-10-17(15)20/h3-10,13,18H,2,11-12H2,1H3. The number of rotatable bonds is 5. The van der Waals surface area contributed by atoms with Crippen molar-refractivity contribution in [1.82, 2.24) is 14.9 Å². The summed E-state index contributed by atoms with van der Waals surface area (Å²) in [5.74, 6) is 0. The third-order valence-corrected chi connectivity index (χ3v) is 3.45. The topological polar surface area (TPSA) is 29.9 Å². The quantitative estimate of drug-likeness (QED) is 0.715. The smallest absolute Gasteiger partial charge is 0.100 e. The molecular formula is C17H19N3. The van der Waals surface area contributed by atoms with E-state index in [-0.39, 0.29) is 0 Å². The Morgan fingerprint density at radius 3 is 2.75 bits per heavy atom. The van der Waals surface area contributed by atoms with Crippen molar-refractivity contribution >= 4 is 11.0 Å². The first-order valence-corrected chi connectivity index (χ1v) is 7.11. The van der Waals surface area contributed by atoms with Crippen molar-refractivity contribution in [2.45, 2.75) is 19.9 Å². The van der Waals surface area contributed by atoms with Gasteiger partial charge in [-0.25, -0.2) is 4.98 Å². The molecule has 0 aliphatic carbocycles. The van der Waals surface area contributed by atoms with Crippen LogP contribution in [0.25, 0.3) is 16.7 Å². The summed E-state index contributed by atoms with van der Waals surface area (Å²) < 4.78 is 2.16. The second kappa shape index (κ2) is 5.88. The van der Waals surface area contributed by atoms with Crippen molar-refractivity contribution in [2.24, 2.45) is 0 Å². The number of para-hydroxylation sites is 3. The first-order chi connectivity index (χ1) is 9.90. The second-order valence-electron chi connectivity index (χ2n) is 4.91. The lowest BCUT2D eigenvalue weighted by atomic mass is 10.1. The predicted octanol–water partition coefficient (Wildman–Crippen LogP) is 3.53. The van der Waals surface area contributed by atoms with Crippen LogP contribution in [0.1, 0.15) is 18.9 Å². The SMILES string of the molecule is CCCNCc1ccccc1-n1cnc2ccccc21. The lowest BCUT2D eigenvalue weighted by molar-refractivity contribution is 0.673. The van der Waals surface area contributed by atoms with Gasteiger partial charge in [-0.15, -0.1) is 0 Å². The molecule has 1 aromatic heterocycles. The van der Waals surface area contributed by atoms with Gasteiger partial charge in [0.25, 0.3) is 0 Å². The number of aromatic nitrogens is 2. The molecule has 0 saturated carbocycles. The minimum atomic E-state index is 0.885. The van der Waals surface area contributed by atoms with Gasteiger partial charge in [-0.1, -0.05) is 37.3 Å². The Kier molecular flexibility index (Phi) is 3.79. The van der Waals surface area contributed by atoms with Crippen LogP contribution < -0.4 is 5.32 Å². The van der Waals surface area contributed by atoms with Crippen LogP contribution in [0, 0.1) is 0 Å². The maximum absolute atomic E-state index is 4.48. The van der Waals surface area contributed by atoms with Crippen LogP contribution in [0.4, 0.5) is 0 Å². The molecule has 102 valence electrons. The molecule has 0 amide bonds. The molecule has 0 atom stereocenters. The molecule has 0 fully saturated rings. The maximum Gasteiger partial charge on any atom is 0.100 e. The zero-order chi connectivity index (χ0) is 13.8. The normalized spacial score (nSPS) is 11.1. The Bertz CT molecular complexity index is 700. The molecule has 3 heteroatoms. The highest BCUT2D eigenvalue weighted by atomic mass is 15.1. The molecule has 20 heavy (non-hydrogen) atoms. The van der Waals surface area contributed by atoms with E-state index in [9.17, 15) is 0 Å². The fourth-order valence-electron chi connectivity index (χ4n) is 2.45. The van der Waals surface area contributed by atoms with Crippen LogP contribution in [0.3, 0.4) is 0 Å². The number of fused-ring (bicyclic) bond motifs is 1. The van der Waals surface area contributed by atoms with E-state index < -0.39 is 0 Å². The molecular weight excluding hydrogens is 246 g/mol. The minimum absolute atomic E-state index is 0.885. The van der Waals surface area contributed by atoms with Crippen molar-refractivity contribution in [1.29, 1.82) is 0 Å². The number of benzene rings is 2. The summed E-state index contributed by atoms with van der Waals surface area (Å²) in [5.41, 5.74) is 4.67. The van der Waals surface area contributed by atoms with Crippen LogP contribution in [0.5, 0.6) is 0 Å². The number of imidazole rings is 1. The van der Waals surface area contributed by atoms with Crippen LogP contribution >= 0.6 is 0 Å². The van der Waals surface area contributed by atoms with E-state index in [4.69, 9.17) is 0 Å². The highest BCUT2D eigenvalue weighted by Crippen LogP contribution is 2.20. The average Bonchev–Trinajstić information content (AvgIpc) is 2.92. The highest BCUT2D eigenvalue weighted by Gasteiger charge is 2.07. The zero-order valence-corrected chi connectivity index (χ0v) is 11.7. The Morgan fingerprint density at radius 1 is 1.05 bits per heavy atom. The summed E-state index contributed by atoms with van der Waals surface area (Å²) in [7, 11) is 0. The zero-order valence-electron chi connectivity index (χ0n) is 11.7. The molecule has 1 heterocycles. The van der Waals surface area contributed by atoms with Crippen molar-refractivity contribution in [3.8, 4) is 5.69 Å². The van der Waals surface area contributed by atoms with Gasteiger partial charge in [0.05, 0.1) is 16.7 Å². The van der Waals surface area contributed by atoms with E-state index in [1.54, 1.807) is 0 Å². The van der Waals surface area contributed by atoms with E-state index in [1.165, 1.54) is 11.3 Å². The largest absolute Gasteiger partial charge is 0.313 e. The molecule has 2 aromatic carbocycles. The first-order valence-electron chi connectivity index (χ1n) is 7.11. The molecule has 0 radical (unpaired) electrons. The predicted molar refractivity (Wildman–Crippen MR) is 83.1 cm³/mol. The Labute approximate surface area is 119 Å². The molecule has 3 nitrogen and oxygen atoms in total. The number of hydrogen-bond donors (Lipinski definition) is 1. The first kappa shape index (κ1) is 12.9. The fourth-order valence-corrected chi connectivity index (χ4v) is 2.45. The molecule has 0 aliphatic heterocycles. The maximum atomic E-state index is 4.48. The molecule has 0 bridgehead atoms. The number of nitrogens with one attached hydrogen (secondary N) is 1. The Hall–Kier alpha value is -2.13. The van der Waals surface area contributed by atoms with Gasteiger partial charge in [-0.2, -0.15) is 0 Å². The van der Waals surface area contributed by atoms with Gasteiger partial charge in [0.1, 0.15) is 6.33 Å². The number of hydrogen-bond acceptors (Lipinski definition) is 2. The van der Waals surface area contributed by atoms with Crippen molar-refractivity contribution in [3.05, 3.63) is 60.4 Å². The summed E-state index contributed by atoms with van der Waals surface area (Å²) in [6, 6.07) is 16.7. The molecule has 0 aliphatic rings. The van der Waals surface area contributed by atoms with E-state index in [2.05, 4.69) is 58.2 Å². The van der Waals surface area contributed by atoms with Crippen molar-refractivity contribution in [2.75, 3.05) is 6.54 Å². The summed E-state index contributed by atoms with van der Waals surface area (Å²) >= 11 is 0. The van der Waals surface area contributed by atoms with Crippen LogP contribution in [0.15, 0.2) is 54.9 Å². The van der Waals surface area contributed by atoms with E-state index >= 15 is 0 Å². The van der Waals surface area contributed by atoms with Crippen LogP contribution in [0.2, 0.25) is 0 Å². The second-order valence-corrected chi connectivity index (χ2v) is 4.91. The van der Waals surface area contributed by atoms with Crippen molar-refractivity contribution < 1.29 is 0 Å². The van der Waals surface area contributed by atoms with Gasteiger partial charge in [0.15, 0.2) is 0 Å². The molecule has 0 saturated heterocycles.